The molecule has 0 saturated heterocycles. The lowest BCUT2D eigenvalue weighted by Gasteiger charge is -2.09. The van der Waals surface area contributed by atoms with Crippen LogP contribution in [0.25, 0.3) is 10.7 Å². The quantitative estimate of drug-likeness (QED) is 0.434. The molecule has 0 atom stereocenters. The molecule has 0 spiro atoms. The number of nitrogens with zero attached hydrogens (tertiary/aromatic N) is 3. The molecule has 0 saturated carbocycles. The smallest absolute Gasteiger partial charge is 0.271 e. The van der Waals surface area contributed by atoms with E-state index in [-0.39, 0.29) is 22.2 Å². The van der Waals surface area contributed by atoms with Crippen LogP contribution in [0.3, 0.4) is 0 Å². The van der Waals surface area contributed by atoms with Crippen LogP contribution >= 0.6 is 46.3 Å². The van der Waals surface area contributed by atoms with Gasteiger partial charge in [0.25, 0.3) is 5.91 Å². The average molecular weight is 456 g/mol. The molecule has 11 heteroatoms. The molecule has 0 aliphatic rings. The Bertz CT molecular complexity index is 992. The molecule has 28 heavy (non-hydrogen) atoms. The van der Waals surface area contributed by atoms with Gasteiger partial charge in [0, 0.05) is 11.6 Å². The number of hydrogen-bond donors (Lipinski definition) is 2. The molecule has 0 aliphatic carbocycles. The van der Waals surface area contributed by atoms with Crippen molar-refractivity contribution in [1.82, 2.24) is 25.6 Å². The van der Waals surface area contributed by atoms with E-state index in [0.29, 0.717) is 16.7 Å². The van der Waals surface area contributed by atoms with E-state index in [1.54, 1.807) is 17.4 Å². The van der Waals surface area contributed by atoms with Gasteiger partial charge in [0.1, 0.15) is 0 Å². The first-order valence-corrected chi connectivity index (χ1v) is 10.8. The first-order chi connectivity index (χ1) is 13.5. The molecule has 3 aromatic rings. The fraction of sp³-hybridized carbons (Fsp3) is 0.176. The van der Waals surface area contributed by atoms with Gasteiger partial charge in [0.2, 0.25) is 5.91 Å². The number of benzene rings is 1. The highest BCUT2D eigenvalue weighted by atomic mass is 35.5. The Morgan fingerprint density at radius 1 is 1.21 bits per heavy atom. The average Bonchev–Trinajstić information content (AvgIpc) is 3.35. The lowest BCUT2D eigenvalue weighted by atomic mass is 10.2. The summed E-state index contributed by atoms with van der Waals surface area (Å²) in [7, 11) is 0. The maximum Gasteiger partial charge on any atom is 0.271 e. The topological polar surface area (TPSA) is 88.9 Å². The van der Waals surface area contributed by atoms with Crippen molar-refractivity contribution in [3.8, 4) is 10.7 Å². The van der Waals surface area contributed by atoms with Crippen LogP contribution in [0, 0.1) is 0 Å². The summed E-state index contributed by atoms with van der Waals surface area (Å²) in [5.74, 6) is -0.113. The Morgan fingerprint density at radius 2 is 2.04 bits per heavy atom. The van der Waals surface area contributed by atoms with Crippen molar-refractivity contribution >= 4 is 58.1 Å². The number of amides is 2. The zero-order valence-corrected chi connectivity index (χ0v) is 17.8. The monoisotopic (exact) mass is 455 g/mol. The van der Waals surface area contributed by atoms with Gasteiger partial charge in [-0.15, -0.1) is 21.5 Å². The van der Waals surface area contributed by atoms with Gasteiger partial charge in [-0.05, 0) is 36.6 Å². The Hall–Kier alpha value is -2.07. The summed E-state index contributed by atoms with van der Waals surface area (Å²) in [6.45, 7) is 2.66. The number of aromatic nitrogens is 3. The van der Waals surface area contributed by atoms with Crippen molar-refractivity contribution in [1.29, 1.82) is 0 Å². The van der Waals surface area contributed by atoms with E-state index in [2.05, 4.69) is 21.0 Å². The predicted octanol–water partition coefficient (Wildman–Crippen LogP) is 3.89. The largest absolute Gasteiger partial charge is 0.302 e. The second-order valence-electron chi connectivity index (χ2n) is 5.44. The second-order valence-corrected chi connectivity index (χ2v) is 8.18. The zero-order valence-electron chi connectivity index (χ0n) is 14.6. The zero-order chi connectivity index (χ0) is 20.1. The SMILES string of the molecule is CCn1c(SCC(=O)NNC(=O)c2cc(Cl)ccc2Cl)nnc1-c1cccs1. The summed E-state index contributed by atoms with van der Waals surface area (Å²) in [6.07, 6.45) is 0. The van der Waals surface area contributed by atoms with Crippen LogP contribution in [0.4, 0.5) is 0 Å². The van der Waals surface area contributed by atoms with Crippen molar-refractivity contribution in [2.24, 2.45) is 0 Å². The fourth-order valence-corrected chi connectivity index (χ4v) is 4.20. The number of nitrogens with one attached hydrogen (secondary N) is 2. The van der Waals surface area contributed by atoms with E-state index in [1.807, 2.05) is 29.0 Å². The van der Waals surface area contributed by atoms with Crippen molar-refractivity contribution in [2.75, 3.05) is 5.75 Å². The fourth-order valence-electron chi connectivity index (χ4n) is 2.30. The lowest BCUT2D eigenvalue weighted by Crippen LogP contribution is -2.42. The number of hydrogen-bond acceptors (Lipinski definition) is 6. The van der Waals surface area contributed by atoms with Crippen LogP contribution < -0.4 is 10.9 Å². The number of thiophene rings is 1. The van der Waals surface area contributed by atoms with E-state index in [1.165, 1.54) is 23.9 Å². The molecule has 1 aromatic carbocycles. The molecule has 0 bridgehead atoms. The third-order valence-electron chi connectivity index (χ3n) is 3.60. The maximum atomic E-state index is 12.1. The minimum atomic E-state index is -0.553. The van der Waals surface area contributed by atoms with Crippen molar-refractivity contribution in [2.45, 2.75) is 18.6 Å². The van der Waals surface area contributed by atoms with Crippen LogP contribution in [0.5, 0.6) is 0 Å². The van der Waals surface area contributed by atoms with Crippen LogP contribution in [-0.2, 0) is 11.3 Å². The van der Waals surface area contributed by atoms with E-state index in [9.17, 15) is 9.59 Å². The van der Waals surface area contributed by atoms with Gasteiger partial charge in [-0.25, -0.2) is 0 Å². The van der Waals surface area contributed by atoms with Crippen LogP contribution in [-0.4, -0.2) is 32.3 Å². The molecule has 2 aromatic heterocycles. The van der Waals surface area contributed by atoms with Gasteiger partial charge in [0.05, 0.1) is 21.2 Å². The molecule has 7 nitrogen and oxygen atoms in total. The third kappa shape index (κ3) is 4.85. The molecule has 3 rings (SSSR count). The number of hydrazine groups is 1. The summed E-state index contributed by atoms with van der Waals surface area (Å²) < 4.78 is 1.94. The Balaban J connectivity index is 1.56. The van der Waals surface area contributed by atoms with Crippen LogP contribution in [0.15, 0.2) is 40.9 Å². The highest BCUT2D eigenvalue weighted by Crippen LogP contribution is 2.27. The highest BCUT2D eigenvalue weighted by molar-refractivity contribution is 7.99. The molecule has 2 heterocycles. The number of thioether (sulfide) groups is 1. The van der Waals surface area contributed by atoms with E-state index >= 15 is 0 Å². The Labute approximate surface area is 179 Å². The van der Waals surface area contributed by atoms with Crippen molar-refractivity contribution in [3.05, 3.63) is 51.3 Å². The van der Waals surface area contributed by atoms with Gasteiger partial charge >= 0.3 is 0 Å². The third-order valence-corrected chi connectivity index (χ3v) is 5.99. The summed E-state index contributed by atoms with van der Waals surface area (Å²) in [4.78, 5) is 25.2. The van der Waals surface area contributed by atoms with Crippen LogP contribution in [0.1, 0.15) is 17.3 Å². The first kappa shape index (κ1) is 20.7. The molecule has 0 aliphatic heterocycles. The Kier molecular flexibility index (Phi) is 6.95. The van der Waals surface area contributed by atoms with E-state index in [4.69, 9.17) is 23.2 Å². The molecule has 2 N–H and O–H groups in total. The first-order valence-electron chi connectivity index (χ1n) is 8.13. The minimum Gasteiger partial charge on any atom is -0.302 e. The van der Waals surface area contributed by atoms with Gasteiger partial charge < -0.3 is 4.57 Å². The predicted molar refractivity (Wildman–Crippen MR) is 112 cm³/mol. The Morgan fingerprint density at radius 3 is 2.75 bits per heavy atom. The lowest BCUT2D eigenvalue weighted by molar-refractivity contribution is -0.119. The maximum absolute atomic E-state index is 12.1. The summed E-state index contributed by atoms with van der Waals surface area (Å²) in [5, 5.41) is 11.6. The van der Waals surface area contributed by atoms with Crippen LogP contribution in [0.2, 0.25) is 10.0 Å². The van der Waals surface area contributed by atoms with E-state index < -0.39 is 5.91 Å². The normalized spacial score (nSPS) is 10.7. The highest BCUT2D eigenvalue weighted by Gasteiger charge is 2.16. The molecule has 0 fully saturated rings. The standard InChI is InChI=1S/C17H15Cl2N5O2S2/c1-2-24-15(13-4-3-7-27-13)21-23-17(24)28-9-14(25)20-22-16(26)11-8-10(18)5-6-12(11)19/h3-8H,2,9H2,1H3,(H,20,25)(H,22,26). The van der Waals surface area contributed by atoms with Crippen molar-refractivity contribution in [3.63, 3.8) is 0 Å². The molecule has 2 amide bonds. The summed E-state index contributed by atoms with van der Waals surface area (Å²) in [6, 6.07) is 8.43. The van der Waals surface area contributed by atoms with Gasteiger partial charge in [-0.1, -0.05) is 41.0 Å². The number of carbonyl (C=O) groups excluding carboxylic acids is 2. The number of halogens is 2. The number of rotatable bonds is 6. The molecule has 0 radical (unpaired) electrons. The molecule has 0 unspecified atom stereocenters. The van der Waals surface area contributed by atoms with Gasteiger partial charge in [-0.3, -0.25) is 20.4 Å². The van der Waals surface area contributed by atoms with E-state index in [0.717, 1.165) is 10.7 Å². The summed E-state index contributed by atoms with van der Waals surface area (Å²) in [5.41, 5.74) is 4.85. The minimum absolute atomic E-state index is 0.0616. The second kappa shape index (κ2) is 9.42. The molecule has 146 valence electrons. The van der Waals surface area contributed by atoms with Gasteiger partial charge in [0.15, 0.2) is 11.0 Å². The summed E-state index contributed by atoms with van der Waals surface area (Å²) >= 11 is 14.6. The molecular weight excluding hydrogens is 441 g/mol. The van der Waals surface area contributed by atoms with Gasteiger partial charge in [-0.2, -0.15) is 0 Å². The van der Waals surface area contributed by atoms with Crippen molar-refractivity contribution < 1.29 is 9.59 Å². The number of carbonyl (C=O) groups is 2. The molecular formula is C17H15Cl2N5O2S2.